The van der Waals surface area contributed by atoms with Gasteiger partial charge in [-0.05, 0) is 29.8 Å². The molecule has 2 aromatic rings. The van der Waals surface area contributed by atoms with Crippen molar-refractivity contribution in [2.45, 2.75) is 0 Å². The molecule has 15 heavy (non-hydrogen) atoms. The number of aromatic nitrogens is 2. The van der Waals surface area contributed by atoms with E-state index in [1.807, 2.05) is 43.4 Å². The van der Waals surface area contributed by atoms with E-state index in [4.69, 9.17) is 0 Å². The smallest absolute Gasteiger partial charge is 0.127 e. The zero-order valence-corrected chi connectivity index (χ0v) is 8.88. The van der Waals surface area contributed by atoms with Crippen molar-refractivity contribution in [3.05, 3.63) is 42.9 Å². The summed E-state index contributed by atoms with van der Waals surface area (Å²) in [6, 6.07) is 8.03. The van der Waals surface area contributed by atoms with Crippen LogP contribution in [0.4, 0.5) is 5.82 Å². The number of nitrogens with zero attached hydrogens (tertiary/aromatic N) is 3. The topological polar surface area (TPSA) is 29.0 Å². The van der Waals surface area contributed by atoms with Crippen LogP contribution in [0.1, 0.15) is 0 Å². The molecular weight excluding hydrogens is 186 g/mol. The van der Waals surface area contributed by atoms with E-state index in [9.17, 15) is 0 Å². The first kappa shape index (κ1) is 9.65. The highest BCUT2D eigenvalue weighted by molar-refractivity contribution is 5.63. The van der Waals surface area contributed by atoms with Crippen molar-refractivity contribution < 1.29 is 0 Å². The molecule has 0 aliphatic heterocycles. The van der Waals surface area contributed by atoms with E-state index in [1.165, 1.54) is 0 Å². The Balaban J connectivity index is 2.32. The summed E-state index contributed by atoms with van der Waals surface area (Å²) < 4.78 is 0. The molecule has 0 saturated heterocycles. The summed E-state index contributed by atoms with van der Waals surface area (Å²) in [7, 11) is 3.96. The normalized spacial score (nSPS) is 10.0. The number of anilines is 1. The second-order valence-corrected chi connectivity index (χ2v) is 3.54. The second-order valence-electron chi connectivity index (χ2n) is 3.54. The van der Waals surface area contributed by atoms with Crippen molar-refractivity contribution in [1.29, 1.82) is 0 Å². The minimum atomic E-state index is 0.966. The first-order chi connectivity index (χ1) is 7.27. The maximum absolute atomic E-state index is 4.36. The fraction of sp³-hybridized carbons (Fsp3) is 0.167. The van der Waals surface area contributed by atoms with Crippen LogP contribution in [0.2, 0.25) is 0 Å². The van der Waals surface area contributed by atoms with Gasteiger partial charge in [0.1, 0.15) is 5.82 Å². The lowest BCUT2D eigenvalue weighted by atomic mass is 10.1. The highest BCUT2D eigenvalue weighted by atomic mass is 15.1. The second kappa shape index (κ2) is 4.09. The van der Waals surface area contributed by atoms with Crippen molar-refractivity contribution in [3.63, 3.8) is 0 Å². The number of hydrogen-bond acceptors (Lipinski definition) is 3. The average molecular weight is 199 g/mol. The molecule has 76 valence electrons. The fourth-order valence-corrected chi connectivity index (χ4v) is 1.37. The molecule has 0 fully saturated rings. The molecule has 0 amide bonds. The molecule has 0 aliphatic rings. The van der Waals surface area contributed by atoms with Crippen LogP contribution in [0.5, 0.6) is 0 Å². The Labute approximate surface area is 89.4 Å². The van der Waals surface area contributed by atoms with Crippen molar-refractivity contribution in [2.75, 3.05) is 19.0 Å². The first-order valence-corrected chi connectivity index (χ1v) is 4.81. The number of rotatable bonds is 2. The van der Waals surface area contributed by atoms with Gasteiger partial charge in [0.2, 0.25) is 0 Å². The lowest BCUT2D eigenvalue weighted by molar-refractivity contribution is 1.07. The SMILES string of the molecule is CN(C)c1ccc(-c2ccncc2)cn1. The maximum atomic E-state index is 4.36. The highest BCUT2D eigenvalue weighted by Crippen LogP contribution is 2.18. The van der Waals surface area contributed by atoms with Gasteiger partial charge in [-0.15, -0.1) is 0 Å². The van der Waals surface area contributed by atoms with E-state index >= 15 is 0 Å². The fourth-order valence-electron chi connectivity index (χ4n) is 1.37. The van der Waals surface area contributed by atoms with Crippen LogP contribution in [0.25, 0.3) is 11.1 Å². The molecule has 3 nitrogen and oxygen atoms in total. The van der Waals surface area contributed by atoms with E-state index < -0.39 is 0 Å². The van der Waals surface area contributed by atoms with Crippen LogP contribution in [0.15, 0.2) is 42.9 Å². The van der Waals surface area contributed by atoms with Crippen molar-refractivity contribution in [1.82, 2.24) is 9.97 Å². The van der Waals surface area contributed by atoms with Crippen molar-refractivity contribution in [3.8, 4) is 11.1 Å². The maximum Gasteiger partial charge on any atom is 0.127 e. The summed E-state index contributed by atoms with van der Waals surface area (Å²) in [5.74, 6) is 0.966. The van der Waals surface area contributed by atoms with Gasteiger partial charge in [-0.3, -0.25) is 4.98 Å². The predicted octanol–water partition coefficient (Wildman–Crippen LogP) is 2.21. The predicted molar refractivity (Wildman–Crippen MR) is 61.8 cm³/mol. The van der Waals surface area contributed by atoms with E-state index in [2.05, 4.69) is 16.0 Å². The van der Waals surface area contributed by atoms with Gasteiger partial charge < -0.3 is 4.90 Å². The largest absolute Gasteiger partial charge is 0.363 e. The number of pyridine rings is 2. The van der Waals surface area contributed by atoms with Crippen molar-refractivity contribution in [2.24, 2.45) is 0 Å². The molecule has 0 radical (unpaired) electrons. The first-order valence-electron chi connectivity index (χ1n) is 4.81. The summed E-state index contributed by atoms with van der Waals surface area (Å²) in [5.41, 5.74) is 2.26. The Kier molecular flexibility index (Phi) is 2.63. The molecule has 2 aromatic heterocycles. The highest BCUT2D eigenvalue weighted by Gasteiger charge is 1.99. The average Bonchev–Trinajstić information content (AvgIpc) is 2.30. The van der Waals surface area contributed by atoms with Gasteiger partial charge in [0.15, 0.2) is 0 Å². The summed E-state index contributed by atoms with van der Waals surface area (Å²) in [5, 5.41) is 0. The quantitative estimate of drug-likeness (QED) is 0.742. The van der Waals surface area contributed by atoms with Crippen LogP contribution < -0.4 is 4.90 Å². The third kappa shape index (κ3) is 2.13. The lowest BCUT2D eigenvalue weighted by Crippen LogP contribution is -2.09. The molecular formula is C12H13N3. The third-order valence-corrected chi connectivity index (χ3v) is 2.22. The van der Waals surface area contributed by atoms with Gasteiger partial charge in [0.25, 0.3) is 0 Å². The molecule has 3 heteroatoms. The molecule has 2 heterocycles. The van der Waals surface area contributed by atoms with Crippen LogP contribution in [0.3, 0.4) is 0 Å². The summed E-state index contributed by atoms with van der Waals surface area (Å²) in [4.78, 5) is 10.3. The van der Waals surface area contributed by atoms with Gasteiger partial charge in [0, 0.05) is 38.2 Å². The van der Waals surface area contributed by atoms with E-state index in [0.29, 0.717) is 0 Å². The van der Waals surface area contributed by atoms with Crippen LogP contribution in [0, 0.1) is 0 Å². The Morgan fingerprint density at radius 1 is 0.933 bits per heavy atom. The Bertz CT molecular complexity index is 420. The zero-order chi connectivity index (χ0) is 10.7. The molecule has 0 saturated carbocycles. The summed E-state index contributed by atoms with van der Waals surface area (Å²) >= 11 is 0. The monoisotopic (exact) mass is 199 g/mol. The minimum absolute atomic E-state index is 0.966. The van der Waals surface area contributed by atoms with Crippen LogP contribution in [-0.4, -0.2) is 24.1 Å². The van der Waals surface area contributed by atoms with Gasteiger partial charge in [-0.1, -0.05) is 0 Å². The molecule has 0 aromatic carbocycles. The third-order valence-electron chi connectivity index (χ3n) is 2.22. The van der Waals surface area contributed by atoms with Crippen LogP contribution in [-0.2, 0) is 0 Å². The van der Waals surface area contributed by atoms with Gasteiger partial charge in [-0.2, -0.15) is 0 Å². The molecule has 0 bridgehead atoms. The molecule has 0 N–H and O–H groups in total. The molecule has 0 unspecified atom stereocenters. The van der Waals surface area contributed by atoms with E-state index in [1.54, 1.807) is 12.4 Å². The number of hydrogen-bond donors (Lipinski definition) is 0. The minimum Gasteiger partial charge on any atom is -0.363 e. The van der Waals surface area contributed by atoms with Gasteiger partial charge >= 0.3 is 0 Å². The summed E-state index contributed by atoms with van der Waals surface area (Å²) in [6.45, 7) is 0. The van der Waals surface area contributed by atoms with Gasteiger partial charge in [0.05, 0.1) is 0 Å². The van der Waals surface area contributed by atoms with Crippen molar-refractivity contribution >= 4 is 5.82 Å². The van der Waals surface area contributed by atoms with Gasteiger partial charge in [-0.25, -0.2) is 4.98 Å². The lowest BCUT2D eigenvalue weighted by Gasteiger charge is -2.11. The zero-order valence-electron chi connectivity index (χ0n) is 8.88. The van der Waals surface area contributed by atoms with Crippen LogP contribution >= 0.6 is 0 Å². The van der Waals surface area contributed by atoms with E-state index in [0.717, 1.165) is 16.9 Å². The molecule has 2 rings (SSSR count). The molecule has 0 aliphatic carbocycles. The molecule has 0 atom stereocenters. The molecule has 0 spiro atoms. The summed E-state index contributed by atoms with van der Waals surface area (Å²) in [6.07, 6.45) is 5.45. The Morgan fingerprint density at radius 2 is 1.67 bits per heavy atom. The van der Waals surface area contributed by atoms with E-state index in [-0.39, 0.29) is 0 Å². The Morgan fingerprint density at radius 3 is 2.20 bits per heavy atom. The Hall–Kier alpha value is -1.90. The standard InChI is InChI=1S/C12H13N3/c1-15(2)12-4-3-11(9-14-12)10-5-7-13-8-6-10/h3-9H,1-2H3.